The highest BCUT2D eigenvalue weighted by atomic mass is 16.6. The van der Waals surface area contributed by atoms with Crippen LogP contribution in [0.1, 0.15) is 33.4 Å². The van der Waals surface area contributed by atoms with Gasteiger partial charge in [0.2, 0.25) is 0 Å². The molecule has 6 rings (SSSR count). The second-order valence-electron chi connectivity index (χ2n) is 10.9. The number of rotatable bonds is 14. The fourth-order valence-electron chi connectivity index (χ4n) is 5.59. The van der Waals surface area contributed by atoms with E-state index in [9.17, 15) is 0 Å². The van der Waals surface area contributed by atoms with Crippen LogP contribution in [0.5, 0.6) is 11.5 Å². The van der Waals surface area contributed by atoms with E-state index in [2.05, 4.69) is 74.5 Å². The summed E-state index contributed by atoms with van der Waals surface area (Å²) in [5.41, 5.74) is 7.60. The SMILES string of the molecule is Cc1cc(C2(c3ccc(OCCOCC4CO4)c(C)c3)Cc3ccccc3C2)ccc1OCCOCC1CO1. The third-order valence-corrected chi connectivity index (χ3v) is 7.94. The third kappa shape index (κ3) is 6.30. The molecule has 0 spiro atoms. The van der Waals surface area contributed by atoms with Crippen LogP contribution in [-0.2, 0) is 37.2 Å². The standard InChI is InChI=1S/C33H38O6/c1-23-15-27(7-9-31(23)36-13-11-34-19-29-21-38-29)33(17-25-5-3-4-6-26(25)18-33)28-8-10-32(24(2)16-28)37-14-12-35-20-30-22-39-30/h3-10,15-16,29-30H,11-14,17-22H2,1-2H3. The monoisotopic (exact) mass is 530 g/mol. The second kappa shape index (κ2) is 11.7. The third-order valence-electron chi connectivity index (χ3n) is 7.94. The molecule has 3 aromatic carbocycles. The van der Waals surface area contributed by atoms with Crippen LogP contribution in [0.3, 0.4) is 0 Å². The Labute approximate surface area is 231 Å². The lowest BCUT2D eigenvalue weighted by Gasteiger charge is -2.32. The van der Waals surface area contributed by atoms with E-state index in [1.54, 1.807) is 0 Å². The number of epoxide rings is 2. The summed E-state index contributed by atoms with van der Waals surface area (Å²) in [6.07, 6.45) is 2.50. The highest BCUT2D eigenvalue weighted by Gasteiger charge is 2.40. The molecule has 2 aliphatic heterocycles. The predicted molar refractivity (Wildman–Crippen MR) is 149 cm³/mol. The lowest BCUT2D eigenvalue weighted by molar-refractivity contribution is 0.0876. The van der Waals surface area contributed by atoms with Gasteiger partial charge in [0.1, 0.15) is 36.9 Å². The molecule has 0 bridgehead atoms. The van der Waals surface area contributed by atoms with Crippen molar-refractivity contribution in [1.29, 1.82) is 0 Å². The lowest BCUT2D eigenvalue weighted by Crippen LogP contribution is -2.29. The van der Waals surface area contributed by atoms with E-state index < -0.39 is 0 Å². The molecule has 3 aliphatic rings. The molecule has 2 atom stereocenters. The Balaban J connectivity index is 1.18. The van der Waals surface area contributed by atoms with Gasteiger partial charge in [-0.1, -0.05) is 48.5 Å². The Morgan fingerprint density at radius 3 is 1.54 bits per heavy atom. The molecule has 206 valence electrons. The molecule has 2 fully saturated rings. The van der Waals surface area contributed by atoms with Crippen molar-refractivity contribution < 1.29 is 28.4 Å². The number of hydrogen-bond acceptors (Lipinski definition) is 6. The minimum Gasteiger partial charge on any atom is -0.491 e. The van der Waals surface area contributed by atoms with Crippen LogP contribution in [0.15, 0.2) is 60.7 Å². The number of ether oxygens (including phenoxy) is 6. The van der Waals surface area contributed by atoms with Crippen molar-refractivity contribution >= 4 is 0 Å². The van der Waals surface area contributed by atoms with Gasteiger partial charge in [0, 0.05) is 5.41 Å². The molecule has 2 saturated heterocycles. The highest BCUT2D eigenvalue weighted by Crippen LogP contribution is 2.46. The maximum Gasteiger partial charge on any atom is 0.122 e. The summed E-state index contributed by atoms with van der Waals surface area (Å²) in [5, 5.41) is 0. The van der Waals surface area contributed by atoms with Crippen LogP contribution < -0.4 is 9.47 Å². The largest absolute Gasteiger partial charge is 0.491 e. The average Bonchev–Trinajstić information content (AvgIpc) is 3.88. The smallest absolute Gasteiger partial charge is 0.122 e. The van der Waals surface area contributed by atoms with Crippen molar-refractivity contribution in [3.8, 4) is 11.5 Å². The molecule has 3 aromatic rings. The topological polar surface area (TPSA) is 62.0 Å². The molecule has 39 heavy (non-hydrogen) atoms. The van der Waals surface area contributed by atoms with Crippen LogP contribution in [0.4, 0.5) is 0 Å². The molecule has 0 aromatic heterocycles. The molecule has 0 N–H and O–H groups in total. The van der Waals surface area contributed by atoms with Gasteiger partial charge in [0.25, 0.3) is 0 Å². The minimum absolute atomic E-state index is 0.142. The number of hydrogen-bond donors (Lipinski definition) is 0. The maximum atomic E-state index is 6.06. The van der Waals surface area contributed by atoms with Crippen LogP contribution in [0, 0.1) is 13.8 Å². The van der Waals surface area contributed by atoms with Crippen molar-refractivity contribution in [1.82, 2.24) is 0 Å². The zero-order valence-electron chi connectivity index (χ0n) is 22.9. The Morgan fingerprint density at radius 2 is 1.13 bits per heavy atom. The molecule has 2 heterocycles. The number of aryl methyl sites for hydroxylation is 2. The molecular formula is C33H38O6. The van der Waals surface area contributed by atoms with Crippen molar-refractivity contribution in [2.45, 2.75) is 44.3 Å². The quantitative estimate of drug-likeness (QED) is 0.217. The van der Waals surface area contributed by atoms with Gasteiger partial charge in [-0.3, -0.25) is 0 Å². The second-order valence-corrected chi connectivity index (χ2v) is 10.9. The zero-order valence-corrected chi connectivity index (χ0v) is 22.9. The summed E-state index contributed by atoms with van der Waals surface area (Å²) in [6.45, 7) is 9.38. The zero-order chi connectivity index (χ0) is 26.7. The molecule has 6 nitrogen and oxygen atoms in total. The maximum absolute atomic E-state index is 6.06. The summed E-state index contributed by atoms with van der Waals surface area (Å²) in [4.78, 5) is 0. The van der Waals surface area contributed by atoms with E-state index >= 15 is 0 Å². The highest BCUT2D eigenvalue weighted by molar-refractivity contribution is 5.54. The Hall–Kier alpha value is -2.90. The molecule has 1 aliphatic carbocycles. The van der Waals surface area contributed by atoms with E-state index in [-0.39, 0.29) is 17.6 Å². The van der Waals surface area contributed by atoms with Crippen LogP contribution >= 0.6 is 0 Å². The Bertz CT molecular complexity index is 1180. The van der Waals surface area contributed by atoms with Gasteiger partial charge in [-0.2, -0.15) is 0 Å². The number of benzene rings is 3. The van der Waals surface area contributed by atoms with Gasteiger partial charge in [0.15, 0.2) is 0 Å². The van der Waals surface area contributed by atoms with Gasteiger partial charge in [-0.25, -0.2) is 0 Å². The summed E-state index contributed by atoms with van der Waals surface area (Å²) in [6, 6.07) is 22.2. The minimum atomic E-state index is -0.142. The van der Waals surface area contributed by atoms with Gasteiger partial charge in [-0.15, -0.1) is 0 Å². The molecular weight excluding hydrogens is 492 g/mol. The van der Waals surface area contributed by atoms with Crippen LogP contribution in [-0.4, -0.2) is 65.1 Å². The summed E-state index contributed by atoms with van der Waals surface area (Å²) >= 11 is 0. The van der Waals surface area contributed by atoms with Crippen molar-refractivity contribution in [3.05, 3.63) is 94.0 Å². The normalized spacial score (nSPS) is 20.5. The van der Waals surface area contributed by atoms with E-state index in [4.69, 9.17) is 28.4 Å². The van der Waals surface area contributed by atoms with E-state index in [0.717, 1.165) is 48.7 Å². The molecule has 0 saturated carbocycles. The first-order valence-electron chi connectivity index (χ1n) is 14.0. The Kier molecular flexibility index (Phi) is 7.89. The lowest BCUT2D eigenvalue weighted by atomic mass is 9.71. The van der Waals surface area contributed by atoms with Crippen LogP contribution in [0.2, 0.25) is 0 Å². The fraction of sp³-hybridized carbons (Fsp3) is 0.455. The number of fused-ring (bicyclic) bond motifs is 1. The van der Waals surface area contributed by atoms with Gasteiger partial charge in [-0.05, 0) is 72.2 Å². The molecule has 0 amide bonds. The first-order valence-corrected chi connectivity index (χ1v) is 14.0. The van der Waals surface area contributed by atoms with Crippen LogP contribution in [0.25, 0.3) is 0 Å². The summed E-state index contributed by atoms with van der Waals surface area (Å²) in [5.74, 6) is 1.82. The first-order chi connectivity index (χ1) is 19.1. The molecule has 6 heteroatoms. The summed E-state index contributed by atoms with van der Waals surface area (Å²) in [7, 11) is 0. The van der Waals surface area contributed by atoms with Crippen molar-refractivity contribution in [2.75, 3.05) is 52.9 Å². The fourth-order valence-corrected chi connectivity index (χ4v) is 5.59. The predicted octanol–water partition coefficient (Wildman–Crippen LogP) is 4.98. The van der Waals surface area contributed by atoms with Gasteiger partial charge >= 0.3 is 0 Å². The molecule has 0 radical (unpaired) electrons. The van der Waals surface area contributed by atoms with E-state index in [1.165, 1.54) is 22.3 Å². The van der Waals surface area contributed by atoms with E-state index in [1.807, 2.05) is 0 Å². The van der Waals surface area contributed by atoms with Crippen molar-refractivity contribution in [2.24, 2.45) is 0 Å². The first kappa shape index (κ1) is 26.3. The van der Waals surface area contributed by atoms with Crippen molar-refractivity contribution in [3.63, 3.8) is 0 Å². The van der Waals surface area contributed by atoms with E-state index in [0.29, 0.717) is 39.6 Å². The van der Waals surface area contributed by atoms with Gasteiger partial charge in [0.05, 0.1) is 39.6 Å². The average molecular weight is 531 g/mol. The Morgan fingerprint density at radius 1 is 0.667 bits per heavy atom. The summed E-state index contributed by atoms with van der Waals surface area (Å²) < 4.78 is 33.8. The molecule has 2 unspecified atom stereocenters. The van der Waals surface area contributed by atoms with Gasteiger partial charge < -0.3 is 28.4 Å².